The molecule has 8 heteroatoms. The SMILES string of the molecule is COc1ccc(N2CCN(S(=O)(=O)c3cn(C(C)C)nc3-c3ccccc3)CC2)cc1. The van der Waals surface area contributed by atoms with Gasteiger partial charge in [0, 0.05) is 49.7 Å². The Morgan fingerprint density at radius 1 is 0.935 bits per heavy atom. The van der Waals surface area contributed by atoms with E-state index in [0.29, 0.717) is 31.9 Å². The lowest BCUT2D eigenvalue weighted by atomic mass is 10.2. The number of piperazine rings is 1. The highest BCUT2D eigenvalue weighted by molar-refractivity contribution is 7.89. The number of nitrogens with zero attached hydrogens (tertiary/aromatic N) is 4. The van der Waals surface area contributed by atoms with Crippen molar-refractivity contribution >= 4 is 15.7 Å². The number of anilines is 1. The van der Waals surface area contributed by atoms with Gasteiger partial charge in [-0.05, 0) is 38.1 Å². The van der Waals surface area contributed by atoms with E-state index in [1.807, 2.05) is 68.4 Å². The quantitative estimate of drug-likeness (QED) is 0.585. The van der Waals surface area contributed by atoms with Crippen molar-refractivity contribution in [3.8, 4) is 17.0 Å². The van der Waals surface area contributed by atoms with Gasteiger partial charge in [0.2, 0.25) is 10.0 Å². The summed E-state index contributed by atoms with van der Waals surface area (Å²) < 4.78 is 35.7. The van der Waals surface area contributed by atoms with E-state index < -0.39 is 10.0 Å². The third-order valence-corrected chi connectivity index (χ3v) is 7.47. The van der Waals surface area contributed by atoms with Gasteiger partial charge >= 0.3 is 0 Å². The minimum Gasteiger partial charge on any atom is -0.497 e. The largest absolute Gasteiger partial charge is 0.497 e. The van der Waals surface area contributed by atoms with Gasteiger partial charge in [-0.2, -0.15) is 9.40 Å². The van der Waals surface area contributed by atoms with Crippen molar-refractivity contribution in [1.29, 1.82) is 0 Å². The Morgan fingerprint density at radius 3 is 2.16 bits per heavy atom. The molecule has 0 spiro atoms. The fourth-order valence-corrected chi connectivity index (χ4v) is 5.31. The van der Waals surface area contributed by atoms with Gasteiger partial charge in [0.05, 0.1) is 7.11 Å². The minimum atomic E-state index is -3.67. The van der Waals surface area contributed by atoms with Crippen LogP contribution in [0.15, 0.2) is 65.7 Å². The third-order valence-electron chi connectivity index (χ3n) is 5.57. The summed E-state index contributed by atoms with van der Waals surface area (Å²) in [5.74, 6) is 0.806. The number of methoxy groups -OCH3 is 1. The van der Waals surface area contributed by atoms with Crippen molar-refractivity contribution in [2.75, 3.05) is 38.2 Å². The highest BCUT2D eigenvalue weighted by atomic mass is 32.2. The molecule has 1 saturated heterocycles. The van der Waals surface area contributed by atoms with E-state index in [9.17, 15) is 8.42 Å². The lowest BCUT2D eigenvalue weighted by Gasteiger charge is -2.35. The zero-order valence-electron chi connectivity index (χ0n) is 18.1. The predicted molar refractivity (Wildman–Crippen MR) is 122 cm³/mol. The van der Waals surface area contributed by atoms with E-state index in [-0.39, 0.29) is 10.9 Å². The predicted octanol–water partition coefficient (Wildman–Crippen LogP) is 3.65. The van der Waals surface area contributed by atoms with Crippen molar-refractivity contribution in [2.45, 2.75) is 24.8 Å². The minimum absolute atomic E-state index is 0.0679. The highest BCUT2D eigenvalue weighted by Gasteiger charge is 2.33. The van der Waals surface area contributed by atoms with Crippen molar-refractivity contribution in [3.05, 3.63) is 60.8 Å². The van der Waals surface area contributed by atoms with Crippen molar-refractivity contribution in [3.63, 3.8) is 0 Å². The smallest absolute Gasteiger partial charge is 0.246 e. The maximum absolute atomic E-state index is 13.6. The Labute approximate surface area is 183 Å². The van der Waals surface area contributed by atoms with Crippen molar-refractivity contribution < 1.29 is 13.2 Å². The Kier molecular flexibility index (Phi) is 6.02. The lowest BCUT2D eigenvalue weighted by molar-refractivity contribution is 0.384. The van der Waals surface area contributed by atoms with Gasteiger partial charge in [-0.25, -0.2) is 8.42 Å². The van der Waals surface area contributed by atoms with Crippen LogP contribution in [0.2, 0.25) is 0 Å². The first-order valence-corrected chi connectivity index (χ1v) is 11.9. The van der Waals surface area contributed by atoms with E-state index in [1.54, 1.807) is 22.3 Å². The number of benzene rings is 2. The van der Waals surface area contributed by atoms with Crippen LogP contribution < -0.4 is 9.64 Å². The van der Waals surface area contributed by atoms with Gasteiger partial charge in [0.1, 0.15) is 16.3 Å². The summed E-state index contributed by atoms with van der Waals surface area (Å²) in [5.41, 5.74) is 2.37. The highest BCUT2D eigenvalue weighted by Crippen LogP contribution is 2.30. The maximum Gasteiger partial charge on any atom is 0.246 e. The first kappa shape index (κ1) is 21.4. The van der Waals surface area contributed by atoms with Crippen molar-refractivity contribution in [2.24, 2.45) is 0 Å². The van der Waals surface area contributed by atoms with Crippen LogP contribution in [0.25, 0.3) is 11.3 Å². The van der Waals surface area contributed by atoms with Crippen molar-refractivity contribution in [1.82, 2.24) is 14.1 Å². The molecule has 0 bridgehead atoms. The first-order valence-electron chi connectivity index (χ1n) is 10.4. The van der Waals surface area contributed by atoms with Crippen LogP contribution in [0, 0.1) is 0 Å². The van der Waals surface area contributed by atoms with E-state index in [2.05, 4.69) is 10.00 Å². The molecule has 1 aliphatic heterocycles. The molecular weight excluding hydrogens is 412 g/mol. The molecule has 0 amide bonds. The summed E-state index contributed by atoms with van der Waals surface area (Å²) in [6.07, 6.45) is 1.66. The average Bonchev–Trinajstić information content (AvgIpc) is 3.27. The molecule has 0 aliphatic carbocycles. The Morgan fingerprint density at radius 2 is 1.58 bits per heavy atom. The molecular formula is C23H28N4O3S. The summed E-state index contributed by atoms with van der Waals surface area (Å²) in [7, 11) is -2.02. The number of sulfonamides is 1. The fraction of sp³-hybridized carbons (Fsp3) is 0.348. The molecule has 31 heavy (non-hydrogen) atoms. The Bertz CT molecular complexity index is 1120. The third kappa shape index (κ3) is 4.31. The molecule has 0 radical (unpaired) electrons. The molecule has 0 N–H and O–H groups in total. The number of rotatable bonds is 6. The van der Waals surface area contributed by atoms with E-state index >= 15 is 0 Å². The monoisotopic (exact) mass is 440 g/mol. The zero-order chi connectivity index (χ0) is 22.0. The van der Waals surface area contributed by atoms with E-state index in [4.69, 9.17) is 4.74 Å². The molecule has 1 fully saturated rings. The van der Waals surface area contributed by atoms with Gasteiger partial charge in [0.25, 0.3) is 0 Å². The molecule has 0 atom stereocenters. The molecule has 7 nitrogen and oxygen atoms in total. The standard InChI is InChI=1S/C23H28N4O3S/c1-18(2)27-17-22(23(24-27)19-7-5-4-6-8-19)31(28,29)26-15-13-25(14-16-26)20-9-11-21(30-3)12-10-20/h4-12,17-18H,13-16H2,1-3H3. The topological polar surface area (TPSA) is 67.7 Å². The summed E-state index contributed by atoms with van der Waals surface area (Å²) in [6, 6.07) is 17.4. The molecule has 2 heterocycles. The second-order valence-electron chi connectivity index (χ2n) is 7.87. The first-order chi connectivity index (χ1) is 14.9. The lowest BCUT2D eigenvalue weighted by Crippen LogP contribution is -2.48. The Balaban J connectivity index is 1.58. The number of hydrogen-bond donors (Lipinski definition) is 0. The number of hydrogen-bond acceptors (Lipinski definition) is 5. The molecule has 1 aliphatic rings. The molecule has 3 aromatic rings. The van der Waals surface area contributed by atoms with Crippen LogP contribution >= 0.6 is 0 Å². The van der Waals surface area contributed by atoms with Crippen LogP contribution in [0.3, 0.4) is 0 Å². The van der Waals surface area contributed by atoms with Gasteiger partial charge in [-0.3, -0.25) is 4.68 Å². The van der Waals surface area contributed by atoms with Crippen LogP contribution in [0.1, 0.15) is 19.9 Å². The molecule has 164 valence electrons. The second kappa shape index (κ2) is 8.72. The van der Waals surface area contributed by atoms with Gasteiger partial charge < -0.3 is 9.64 Å². The fourth-order valence-electron chi connectivity index (χ4n) is 3.74. The summed E-state index contributed by atoms with van der Waals surface area (Å²) >= 11 is 0. The molecule has 1 aromatic heterocycles. The second-order valence-corrected chi connectivity index (χ2v) is 9.78. The number of aromatic nitrogens is 2. The molecule has 0 saturated carbocycles. The zero-order valence-corrected chi connectivity index (χ0v) is 18.9. The number of ether oxygens (including phenoxy) is 1. The van der Waals surface area contributed by atoms with Gasteiger partial charge in [-0.15, -0.1) is 0 Å². The van der Waals surface area contributed by atoms with E-state index in [1.165, 1.54) is 0 Å². The van der Waals surface area contributed by atoms with Crippen LogP contribution in [-0.4, -0.2) is 55.8 Å². The van der Waals surface area contributed by atoms with Crippen LogP contribution in [-0.2, 0) is 10.0 Å². The average molecular weight is 441 g/mol. The van der Waals surface area contributed by atoms with Crippen LogP contribution in [0.4, 0.5) is 5.69 Å². The van der Waals surface area contributed by atoms with Gasteiger partial charge in [-0.1, -0.05) is 30.3 Å². The molecule has 4 rings (SSSR count). The summed E-state index contributed by atoms with van der Waals surface area (Å²) in [6.45, 7) is 6.09. The Hall–Kier alpha value is -2.84. The summed E-state index contributed by atoms with van der Waals surface area (Å²) in [5, 5.41) is 4.61. The van der Waals surface area contributed by atoms with Gasteiger partial charge in [0.15, 0.2) is 0 Å². The molecule has 2 aromatic carbocycles. The summed E-state index contributed by atoms with van der Waals surface area (Å²) in [4.78, 5) is 2.46. The normalized spacial score (nSPS) is 15.4. The maximum atomic E-state index is 13.6. The molecule has 0 unspecified atom stereocenters. The van der Waals surface area contributed by atoms with Crippen LogP contribution in [0.5, 0.6) is 5.75 Å². The van der Waals surface area contributed by atoms with E-state index in [0.717, 1.165) is 17.0 Å².